The average Bonchev–Trinajstić information content (AvgIpc) is 2.73. The van der Waals surface area contributed by atoms with Gasteiger partial charge in [-0.3, -0.25) is 4.79 Å². The van der Waals surface area contributed by atoms with Gasteiger partial charge in [-0.15, -0.1) is 0 Å². The number of benzene rings is 1. The number of carbonyl (C=O) groups is 1. The number of para-hydroxylation sites is 1. The van der Waals surface area contributed by atoms with Crippen molar-refractivity contribution in [2.24, 2.45) is 4.99 Å². The van der Waals surface area contributed by atoms with Crippen LogP contribution in [-0.2, 0) is 4.79 Å². The highest BCUT2D eigenvalue weighted by molar-refractivity contribution is 8.15. The number of aliphatic imine (C=N–C) groups is 1. The van der Waals surface area contributed by atoms with E-state index >= 15 is 0 Å². The molecule has 2 aliphatic rings. The van der Waals surface area contributed by atoms with E-state index in [9.17, 15) is 9.90 Å². The van der Waals surface area contributed by atoms with Crippen LogP contribution in [0, 0.1) is 0 Å². The summed E-state index contributed by atoms with van der Waals surface area (Å²) in [4.78, 5) is 15.7. The number of hydrogen-bond donors (Lipinski definition) is 3. The van der Waals surface area contributed by atoms with E-state index < -0.39 is 6.10 Å². The van der Waals surface area contributed by atoms with E-state index in [1.165, 1.54) is 11.8 Å². The summed E-state index contributed by atoms with van der Waals surface area (Å²) < 4.78 is 0. The van der Waals surface area contributed by atoms with Crippen molar-refractivity contribution in [3.8, 4) is 0 Å². The molecule has 1 aromatic rings. The summed E-state index contributed by atoms with van der Waals surface area (Å²) in [6.45, 7) is 0. The molecular weight excluding hydrogens is 250 g/mol. The summed E-state index contributed by atoms with van der Waals surface area (Å²) >= 11 is 1.47. The Hall–Kier alpha value is -1.53. The second kappa shape index (κ2) is 4.62. The van der Waals surface area contributed by atoms with Crippen molar-refractivity contribution in [3.05, 3.63) is 30.3 Å². The Balaban J connectivity index is 1.73. The van der Waals surface area contributed by atoms with Crippen molar-refractivity contribution >= 4 is 28.5 Å². The van der Waals surface area contributed by atoms with Crippen LogP contribution in [0.1, 0.15) is 6.42 Å². The highest BCUT2D eigenvalue weighted by Crippen LogP contribution is 2.32. The Labute approximate surface area is 109 Å². The highest BCUT2D eigenvalue weighted by atomic mass is 32.2. The second-order valence-electron chi connectivity index (χ2n) is 4.29. The van der Waals surface area contributed by atoms with E-state index in [0.29, 0.717) is 0 Å². The maximum absolute atomic E-state index is 11.3. The standard InChI is InChI=1S/C12H13N3O2S/c16-8-6-9(17)14-11-10(8)18-12(15-11)13-7-4-2-1-3-5-7/h1-5,8,10-11,16H,6H2,(H,13,15)(H,14,17). The predicted octanol–water partition coefficient (Wildman–Crippen LogP) is 0.777. The molecule has 3 rings (SSSR count). The van der Waals surface area contributed by atoms with Gasteiger partial charge in [0.15, 0.2) is 5.17 Å². The molecule has 0 saturated carbocycles. The fourth-order valence-electron chi connectivity index (χ4n) is 2.06. The lowest BCUT2D eigenvalue weighted by atomic mass is 10.1. The molecule has 6 heteroatoms. The molecule has 1 saturated heterocycles. The van der Waals surface area contributed by atoms with Gasteiger partial charge in [-0.05, 0) is 12.1 Å². The van der Waals surface area contributed by atoms with Gasteiger partial charge in [-0.1, -0.05) is 30.0 Å². The van der Waals surface area contributed by atoms with Gasteiger partial charge in [0.25, 0.3) is 0 Å². The van der Waals surface area contributed by atoms with Gasteiger partial charge in [0, 0.05) is 5.69 Å². The number of amidine groups is 1. The third kappa shape index (κ3) is 2.21. The minimum absolute atomic E-state index is 0.0890. The Morgan fingerprint density at radius 2 is 2.17 bits per heavy atom. The van der Waals surface area contributed by atoms with Crippen LogP contribution in [0.5, 0.6) is 0 Å². The zero-order valence-corrected chi connectivity index (χ0v) is 10.4. The first-order chi connectivity index (χ1) is 8.72. The van der Waals surface area contributed by atoms with E-state index in [4.69, 9.17) is 0 Å². The van der Waals surface area contributed by atoms with Crippen LogP contribution < -0.4 is 10.6 Å². The van der Waals surface area contributed by atoms with E-state index in [0.717, 1.165) is 10.9 Å². The molecule has 3 unspecified atom stereocenters. The fraction of sp³-hybridized carbons (Fsp3) is 0.333. The van der Waals surface area contributed by atoms with Gasteiger partial charge in [0.2, 0.25) is 5.91 Å². The van der Waals surface area contributed by atoms with Gasteiger partial charge in [0.05, 0.1) is 17.8 Å². The topological polar surface area (TPSA) is 73.7 Å². The second-order valence-corrected chi connectivity index (χ2v) is 5.46. The monoisotopic (exact) mass is 263 g/mol. The number of thioether (sulfide) groups is 1. The summed E-state index contributed by atoms with van der Waals surface area (Å²) in [7, 11) is 0. The van der Waals surface area contributed by atoms with E-state index in [1.807, 2.05) is 30.3 Å². The lowest BCUT2D eigenvalue weighted by molar-refractivity contribution is -0.125. The van der Waals surface area contributed by atoms with Gasteiger partial charge in [-0.2, -0.15) is 0 Å². The number of carbonyl (C=O) groups excluding carboxylic acids is 1. The fourth-order valence-corrected chi connectivity index (χ4v) is 3.18. The molecule has 2 aliphatic heterocycles. The largest absolute Gasteiger partial charge is 0.391 e. The lowest BCUT2D eigenvalue weighted by Crippen LogP contribution is -2.51. The number of fused-ring (bicyclic) bond motifs is 1. The number of nitrogens with zero attached hydrogens (tertiary/aromatic N) is 1. The number of aliphatic hydroxyl groups excluding tert-OH is 1. The molecule has 0 aromatic heterocycles. The number of anilines is 1. The van der Waals surface area contributed by atoms with Crippen LogP contribution in [0.4, 0.5) is 5.69 Å². The molecule has 1 amide bonds. The molecule has 0 aliphatic carbocycles. The zero-order valence-electron chi connectivity index (χ0n) is 9.54. The number of aliphatic hydroxyl groups is 1. The van der Waals surface area contributed by atoms with Gasteiger partial charge in [0.1, 0.15) is 6.17 Å². The molecule has 94 valence electrons. The van der Waals surface area contributed by atoms with Crippen LogP contribution >= 0.6 is 11.8 Å². The van der Waals surface area contributed by atoms with Crippen molar-refractivity contribution in [2.75, 3.05) is 5.32 Å². The summed E-state index contributed by atoms with van der Waals surface area (Å²) in [6, 6.07) is 9.71. The van der Waals surface area contributed by atoms with E-state index in [-0.39, 0.29) is 23.7 Å². The van der Waals surface area contributed by atoms with Crippen molar-refractivity contribution in [1.82, 2.24) is 5.32 Å². The molecule has 0 bridgehead atoms. The molecule has 2 heterocycles. The number of piperidine rings is 1. The minimum Gasteiger partial charge on any atom is -0.391 e. The van der Waals surface area contributed by atoms with Crippen molar-refractivity contribution in [2.45, 2.75) is 23.9 Å². The van der Waals surface area contributed by atoms with Crippen molar-refractivity contribution < 1.29 is 9.90 Å². The zero-order chi connectivity index (χ0) is 12.5. The summed E-state index contributed by atoms with van der Waals surface area (Å²) in [5.41, 5.74) is 0.947. The predicted molar refractivity (Wildman–Crippen MR) is 71.4 cm³/mol. The van der Waals surface area contributed by atoms with Gasteiger partial charge in [-0.25, -0.2) is 4.99 Å². The highest BCUT2D eigenvalue weighted by Gasteiger charge is 2.41. The van der Waals surface area contributed by atoms with Crippen LogP contribution in [-0.4, -0.2) is 33.7 Å². The molecule has 1 aromatic carbocycles. The first-order valence-electron chi connectivity index (χ1n) is 5.76. The molecule has 1 fully saturated rings. The van der Waals surface area contributed by atoms with Crippen molar-refractivity contribution in [1.29, 1.82) is 0 Å². The normalized spacial score (nSPS) is 30.4. The van der Waals surface area contributed by atoms with Crippen LogP contribution in [0.3, 0.4) is 0 Å². The SMILES string of the molecule is O=C1CC(O)C2SC(Nc3ccccc3)=NC2N1. The number of rotatable bonds is 1. The quantitative estimate of drug-likeness (QED) is 0.700. The van der Waals surface area contributed by atoms with Crippen LogP contribution in [0.15, 0.2) is 35.3 Å². The maximum Gasteiger partial charge on any atom is 0.224 e. The van der Waals surface area contributed by atoms with Gasteiger partial charge < -0.3 is 15.7 Å². The van der Waals surface area contributed by atoms with Gasteiger partial charge >= 0.3 is 0 Å². The summed E-state index contributed by atoms with van der Waals surface area (Å²) in [5, 5.41) is 16.5. The first-order valence-corrected chi connectivity index (χ1v) is 6.64. The smallest absolute Gasteiger partial charge is 0.224 e. The molecule has 18 heavy (non-hydrogen) atoms. The average molecular weight is 263 g/mol. The summed E-state index contributed by atoms with van der Waals surface area (Å²) in [5.74, 6) is -0.144. The third-order valence-electron chi connectivity index (χ3n) is 2.92. The third-order valence-corrected chi connectivity index (χ3v) is 4.20. The molecule has 0 radical (unpaired) electrons. The Bertz CT molecular complexity index is 491. The van der Waals surface area contributed by atoms with E-state index in [1.54, 1.807) is 0 Å². The molecule has 0 spiro atoms. The minimum atomic E-state index is -0.632. The van der Waals surface area contributed by atoms with Crippen LogP contribution in [0.2, 0.25) is 0 Å². The molecular formula is C12H13N3O2S. The molecule has 3 N–H and O–H groups in total. The Kier molecular flexibility index (Phi) is 2.97. The van der Waals surface area contributed by atoms with E-state index in [2.05, 4.69) is 15.6 Å². The first kappa shape index (κ1) is 11.6. The number of amides is 1. The Morgan fingerprint density at radius 3 is 2.94 bits per heavy atom. The van der Waals surface area contributed by atoms with Crippen molar-refractivity contribution in [3.63, 3.8) is 0 Å². The number of hydrogen-bond acceptors (Lipinski definition) is 5. The number of nitrogens with one attached hydrogen (secondary N) is 2. The molecule has 5 nitrogen and oxygen atoms in total. The Morgan fingerprint density at radius 1 is 1.39 bits per heavy atom. The lowest BCUT2D eigenvalue weighted by Gasteiger charge is -2.28. The maximum atomic E-state index is 11.3. The summed E-state index contributed by atoms with van der Waals surface area (Å²) in [6.07, 6.45) is -0.799. The molecule has 3 atom stereocenters. The van der Waals surface area contributed by atoms with Crippen LogP contribution in [0.25, 0.3) is 0 Å².